The molecule has 1 aromatic carbocycles. The largest absolute Gasteiger partial charge is 0.480 e. The van der Waals surface area contributed by atoms with Gasteiger partial charge in [-0.05, 0) is 37.9 Å². The van der Waals surface area contributed by atoms with E-state index in [4.69, 9.17) is 4.74 Å². The van der Waals surface area contributed by atoms with E-state index < -0.39 is 16.9 Å². The number of nitrogens with zero attached hydrogens (tertiary/aromatic N) is 5. The van der Waals surface area contributed by atoms with Crippen molar-refractivity contribution >= 4 is 23.5 Å². The minimum absolute atomic E-state index is 0.0936. The van der Waals surface area contributed by atoms with Crippen molar-refractivity contribution in [3.8, 4) is 17.0 Å². The number of non-ortho nitro benzene ring substituents is 1. The zero-order valence-corrected chi connectivity index (χ0v) is 18.0. The normalized spacial score (nSPS) is 10.7. The number of nitro groups is 1. The Morgan fingerprint density at radius 2 is 1.88 bits per heavy atom. The van der Waals surface area contributed by atoms with E-state index in [2.05, 4.69) is 20.9 Å². The molecular formula is C20H21N7O6. The average molecular weight is 455 g/mol. The lowest BCUT2D eigenvalue weighted by Crippen LogP contribution is -2.30. The molecule has 172 valence electrons. The van der Waals surface area contributed by atoms with E-state index in [0.717, 1.165) is 4.68 Å². The van der Waals surface area contributed by atoms with E-state index in [-0.39, 0.29) is 29.6 Å². The molecule has 0 aliphatic carbocycles. The highest BCUT2D eigenvalue weighted by Gasteiger charge is 2.24. The Kier molecular flexibility index (Phi) is 6.83. The average Bonchev–Trinajstić information content (AvgIpc) is 3.11. The standard InChI is InChI=1S/C20H21N7O6/c1-25(2)10-15-14(12-4-6-13(7-5-12)27(31)32)11-26(18(15)19(28)29)24-20(30)21-16-8-9-17(33-3)23-22-16/h4-9,11H,10H2,1-3H3,(H,28,29)(H2,21,22,24,30). The molecule has 0 radical (unpaired) electrons. The van der Waals surface area contributed by atoms with Crippen molar-refractivity contribution in [1.29, 1.82) is 0 Å². The lowest BCUT2D eigenvalue weighted by atomic mass is 10.0. The van der Waals surface area contributed by atoms with Crippen LogP contribution in [0.25, 0.3) is 11.1 Å². The van der Waals surface area contributed by atoms with Gasteiger partial charge in [-0.2, -0.15) is 0 Å². The predicted molar refractivity (Wildman–Crippen MR) is 118 cm³/mol. The Labute approximate surface area is 187 Å². The fraction of sp³-hybridized carbons (Fsp3) is 0.200. The van der Waals surface area contributed by atoms with Gasteiger partial charge in [-0.1, -0.05) is 0 Å². The van der Waals surface area contributed by atoms with Crippen molar-refractivity contribution in [3.63, 3.8) is 0 Å². The number of urea groups is 1. The fourth-order valence-corrected chi connectivity index (χ4v) is 3.10. The number of carbonyl (C=O) groups excluding carboxylic acids is 1. The second-order valence-corrected chi connectivity index (χ2v) is 7.11. The number of benzene rings is 1. The van der Waals surface area contributed by atoms with Gasteiger partial charge in [0.25, 0.3) is 5.69 Å². The van der Waals surface area contributed by atoms with Gasteiger partial charge in [-0.25, -0.2) is 15.0 Å². The van der Waals surface area contributed by atoms with E-state index >= 15 is 0 Å². The first-order valence-electron chi connectivity index (χ1n) is 9.52. The number of nitrogens with one attached hydrogen (secondary N) is 2. The lowest BCUT2D eigenvalue weighted by Gasteiger charge is -2.13. The van der Waals surface area contributed by atoms with Gasteiger partial charge in [0.2, 0.25) is 5.88 Å². The predicted octanol–water partition coefficient (Wildman–Crippen LogP) is 2.40. The third kappa shape index (κ3) is 5.40. The van der Waals surface area contributed by atoms with E-state index in [1.165, 1.54) is 49.7 Å². The SMILES string of the molecule is COc1ccc(NC(=O)Nn2cc(-c3ccc([N+](=O)[O-])cc3)c(CN(C)C)c2C(=O)O)nn1. The summed E-state index contributed by atoms with van der Waals surface area (Å²) >= 11 is 0. The highest BCUT2D eigenvalue weighted by Crippen LogP contribution is 2.30. The minimum atomic E-state index is -1.26. The van der Waals surface area contributed by atoms with Crippen LogP contribution in [0.1, 0.15) is 16.1 Å². The number of aromatic carboxylic acids is 1. The Hall–Kier alpha value is -4.52. The number of hydrogen-bond acceptors (Lipinski definition) is 8. The van der Waals surface area contributed by atoms with Gasteiger partial charge in [-0.3, -0.25) is 20.1 Å². The summed E-state index contributed by atoms with van der Waals surface area (Å²) in [6.45, 7) is 0.244. The first-order valence-corrected chi connectivity index (χ1v) is 9.52. The maximum absolute atomic E-state index is 12.5. The monoisotopic (exact) mass is 455 g/mol. The molecule has 0 fully saturated rings. The fourth-order valence-electron chi connectivity index (χ4n) is 3.10. The van der Waals surface area contributed by atoms with Gasteiger partial charge in [0.1, 0.15) is 0 Å². The number of anilines is 1. The highest BCUT2D eigenvalue weighted by molar-refractivity contribution is 5.97. The second-order valence-electron chi connectivity index (χ2n) is 7.11. The van der Waals surface area contributed by atoms with Crippen LogP contribution >= 0.6 is 0 Å². The summed E-state index contributed by atoms with van der Waals surface area (Å²) < 4.78 is 6.00. The number of nitro benzene ring substituents is 1. The minimum Gasteiger partial charge on any atom is -0.480 e. The number of carbonyl (C=O) groups is 2. The van der Waals surface area contributed by atoms with Crippen molar-refractivity contribution in [2.24, 2.45) is 0 Å². The van der Waals surface area contributed by atoms with Gasteiger partial charge < -0.3 is 14.7 Å². The van der Waals surface area contributed by atoms with Crippen LogP contribution in [0.15, 0.2) is 42.6 Å². The Balaban J connectivity index is 1.96. The van der Waals surface area contributed by atoms with Crippen LogP contribution in [0, 0.1) is 10.1 Å². The summed E-state index contributed by atoms with van der Waals surface area (Å²) in [5, 5.41) is 30.8. The maximum atomic E-state index is 12.5. The third-order valence-electron chi connectivity index (χ3n) is 4.49. The Morgan fingerprint density at radius 3 is 2.39 bits per heavy atom. The molecule has 3 N–H and O–H groups in total. The number of ether oxygens (including phenoxy) is 1. The first-order chi connectivity index (χ1) is 15.7. The van der Waals surface area contributed by atoms with Gasteiger partial charge in [0.05, 0.1) is 12.0 Å². The number of amides is 2. The molecule has 0 unspecified atom stereocenters. The summed E-state index contributed by atoms with van der Waals surface area (Å²) in [6.07, 6.45) is 1.45. The number of hydrogen-bond donors (Lipinski definition) is 3. The molecule has 33 heavy (non-hydrogen) atoms. The number of carboxylic acid groups (broad SMARTS) is 1. The zero-order valence-electron chi connectivity index (χ0n) is 18.0. The summed E-state index contributed by atoms with van der Waals surface area (Å²) in [5.41, 5.74) is 3.69. The summed E-state index contributed by atoms with van der Waals surface area (Å²) in [7, 11) is 4.97. The van der Waals surface area contributed by atoms with E-state index in [0.29, 0.717) is 16.7 Å². The third-order valence-corrected chi connectivity index (χ3v) is 4.49. The molecule has 2 aromatic heterocycles. The van der Waals surface area contributed by atoms with E-state index in [1.54, 1.807) is 19.0 Å². The number of carboxylic acids is 1. The van der Waals surface area contributed by atoms with Gasteiger partial charge in [0, 0.05) is 42.1 Å². The van der Waals surface area contributed by atoms with Crippen LogP contribution < -0.4 is 15.5 Å². The van der Waals surface area contributed by atoms with Crippen LogP contribution in [-0.2, 0) is 6.54 Å². The molecule has 13 heteroatoms. The summed E-state index contributed by atoms with van der Waals surface area (Å²) in [6, 6.07) is 7.93. The van der Waals surface area contributed by atoms with Crippen molar-refractivity contribution in [3.05, 3.63) is 64.0 Å². The van der Waals surface area contributed by atoms with E-state index in [1.807, 2.05) is 0 Å². The van der Waals surface area contributed by atoms with Crippen LogP contribution in [-0.4, -0.2) is 63.0 Å². The molecule has 2 amide bonds. The van der Waals surface area contributed by atoms with Gasteiger partial charge >= 0.3 is 12.0 Å². The summed E-state index contributed by atoms with van der Waals surface area (Å²) in [4.78, 5) is 36.8. The Morgan fingerprint density at radius 1 is 1.18 bits per heavy atom. The first kappa shape index (κ1) is 23.1. The lowest BCUT2D eigenvalue weighted by molar-refractivity contribution is -0.384. The number of aromatic nitrogens is 3. The summed E-state index contributed by atoms with van der Waals surface area (Å²) in [5.74, 6) is -0.869. The van der Waals surface area contributed by atoms with Crippen molar-refractivity contribution in [1.82, 2.24) is 19.8 Å². The van der Waals surface area contributed by atoms with Crippen molar-refractivity contribution < 1.29 is 24.4 Å². The Bertz CT molecular complexity index is 1170. The molecule has 0 aliphatic rings. The van der Waals surface area contributed by atoms with Crippen LogP contribution in [0.3, 0.4) is 0 Å². The number of rotatable bonds is 8. The molecule has 0 saturated carbocycles. The molecule has 13 nitrogen and oxygen atoms in total. The smallest absolute Gasteiger partial charge is 0.354 e. The molecule has 3 rings (SSSR count). The van der Waals surface area contributed by atoms with Crippen molar-refractivity contribution in [2.75, 3.05) is 31.9 Å². The second kappa shape index (κ2) is 9.74. The number of methoxy groups -OCH3 is 1. The van der Waals surface area contributed by atoms with E-state index in [9.17, 15) is 24.8 Å². The van der Waals surface area contributed by atoms with Crippen LogP contribution in [0.5, 0.6) is 5.88 Å². The molecule has 0 atom stereocenters. The van der Waals surface area contributed by atoms with Gasteiger partial charge in [-0.15, -0.1) is 10.2 Å². The quantitative estimate of drug-likeness (QED) is 0.341. The molecule has 0 bridgehead atoms. The van der Waals surface area contributed by atoms with Crippen molar-refractivity contribution in [2.45, 2.75) is 6.54 Å². The molecule has 0 aliphatic heterocycles. The molecule has 0 spiro atoms. The van der Waals surface area contributed by atoms with Crippen LogP contribution in [0.4, 0.5) is 16.3 Å². The topological polar surface area (TPSA) is 165 Å². The molecule has 2 heterocycles. The van der Waals surface area contributed by atoms with Crippen LogP contribution in [0.2, 0.25) is 0 Å². The zero-order chi connectivity index (χ0) is 24.1. The molecule has 0 saturated heterocycles. The highest BCUT2D eigenvalue weighted by atomic mass is 16.6. The molecular weight excluding hydrogens is 434 g/mol. The van der Waals surface area contributed by atoms with Gasteiger partial charge in [0.15, 0.2) is 11.5 Å². The molecule has 3 aromatic rings. The maximum Gasteiger partial charge on any atom is 0.354 e.